The molecule has 1 heterocycles. The number of anilines is 1. The Bertz CT molecular complexity index is 1080. The number of para-hydroxylation sites is 2. The van der Waals surface area contributed by atoms with Gasteiger partial charge in [0.1, 0.15) is 6.54 Å². The van der Waals surface area contributed by atoms with Crippen molar-refractivity contribution in [3.05, 3.63) is 75.5 Å². The van der Waals surface area contributed by atoms with Crippen LogP contribution in [-0.2, 0) is 11.3 Å². The Morgan fingerprint density at radius 1 is 1.07 bits per heavy atom. The van der Waals surface area contributed by atoms with E-state index in [0.29, 0.717) is 5.69 Å². The van der Waals surface area contributed by atoms with Crippen LogP contribution in [0.1, 0.15) is 0 Å². The Hall–Kier alpha value is -3.14. The number of carbonyl (C=O) groups is 1. The fourth-order valence-electron chi connectivity index (χ4n) is 2.45. The van der Waals surface area contributed by atoms with Crippen LogP contribution in [0.15, 0.2) is 69.9 Å². The van der Waals surface area contributed by atoms with Crippen molar-refractivity contribution >= 4 is 27.5 Å². The quantitative estimate of drug-likeness (QED) is 0.609. The largest absolute Gasteiger partial charge is 0.573 e. The predicted octanol–water partition coefficient (Wildman–Crippen LogP) is 4.21. The van der Waals surface area contributed by atoms with E-state index in [1.165, 1.54) is 30.3 Å². The fourth-order valence-corrected chi connectivity index (χ4v) is 2.71. The number of amides is 1. The molecular weight excluding hydrogens is 455 g/mol. The van der Waals surface area contributed by atoms with Crippen molar-refractivity contribution in [3.63, 3.8) is 0 Å². The monoisotopic (exact) mass is 467 g/mol. The van der Waals surface area contributed by atoms with Crippen molar-refractivity contribution in [1.29, 1.82) is 0 Å². The van der Waals surface area contributed by atoms with Gasteiger partial charge in [0, 0.05) is 16.1 Å². The minimum atomic E-state index is -4.90. The minimum absolute atomic E-state index is 0.174. The molecule has 29 heavy (non-hydrogen) atoms. The van der Waals surface area contributed by atoms with Crippen LogP contribution in [0.4, 0.5) is 18.9 Å². The Kier molecular flexibility index (Phi) is 6.02. The Morgan fingerprint density at radius 2 is 1.76 bits per heavy atom. The summed E-state index contributed by atoms with van der Waals surface area (Å²) >= 11 is 3.32. The van der Waals surface area contributed by atoms with Gasteiger partial charge in [0.25, 0.3) is 5.56 Å². The molecule has 0 saturated heterocycles. The van der Waals surface area contributed by atoms with Gasteiger partial charge in [0.05, 0.1) is 11.4 Å². The lowest BCUT2D eigenvalue weighted by Crippen LogP contribution is -2.29. The number of benzene rings is 2. The molecule has 2 aromatic carbocycles. The molecule has 0 atom stereocenters. The zero-order chi connectivity index (χ0) is 21.0. The summed E-state index contributed by atoms with van der Waals surface area (Å²) in [7, 11) is 0. The molecule has 0 radical (unpaired) electrons. The molecule has 150 valence electrons. The smallest absolute Gasteiger partial charge is 0.404 e. The Balaban J connectivity index is 1.79. The van der Waals surface area contributed by atoms with Crippen LogP contribution in [0.5, 0.6) is 5.75 Å². The van der Waals surface area contributed by atoms with Gasteiger partial charge in [-0.3, -0.25) is 9.59 Å². The molecule has 0 aliphatic carbocycles. The van der Waals surface area contributed by atoms with E-state index in [2.05, 4.69) is 31.1 Å². The van der Waals surface area contributed by atoms with Gasteiger partial charge < -0.3 is 10.1 Å². The van der Waals surface area contributed by atoms with Gasteiger partial charge in [-0.15, -0.1) is 13.2 Å². The fraction of sp³-hybridized carbons (Fsp3) is 0.105. The summed E-state index contributed by atoms with van der Waals surface area (Å²) in [5.74, 6) is -1.29. The first-order chi connectivity index (χ1) is 13.7. The van der Waals surface area contributed by atoms with E-state index in [0.717, 1.165) is 20.8 Å². The highest BCUT2D eigenvalue weighted by Gasteiger charge is 2.32. The normalized spacial score (nSPS) is 11.2. The molecule has 0 aliphatic heterocycles. The van der Waals surface area contributed by atoms with Gasteiger partial charge in [-0.1, -0.05) is 40.2 Å². The number of nitrogens with one attached hydrogen (secondary N) is 1. The van der Waals surface area contributed by atoms with Crippen LogP contribution in [-0.4, -0.2) is 22.1 Å². The van der Waals surface area contributed by atoms with E-state index in [1.54, 1.807) is 24.3 Å². The summed E-state index contributed by atoms with van der Waals surface area (Å²) in [6, 6.07) is 15.1. The molecule has 1 N–H and O–H groups in total. The molecule has 3 aromatic rings. The number of rotatable bonds is 5. The van der Waals surface area contributed by atoms with E-state index in [1.807, 2.05) is 0 Å². The highest BCUT2D eigenvalue weighted by Crippen LogP contribution is 2.29. The number of carbonyl (C=O) groups excluding carboxylic acids is 1. The maximum absolute atomic E-state index is 12.5. The van der Waals surface area contributed by atoms with Crippen molar-refractivity contribution in [2.45, 2.75) is 12.9 Å². The second-order valence-electron chi connectivity index (χ2n) is 5.81. The first kappa shape index (κ1) is 20.6. The number of ether oxygens (including phenoxy) is 1. The number of hydrogen-bond donors (Lipinski definition) is 1. The summed E-state index contributed by atoms with van der Waals surface area (Å²) in [5.41, 5.74) is 0.491. The zero-order valence-corrected chi connectivity index (χ0v) is 16.2. The van der Waals surface area contributed by atoms with Crippen LogP contribution in [0.3, 0.4) is 0 Å². The molecule has 0 spiro atoms. The van der Waals surface area contributed by atoms with Gasteiger partial charge in [-0.25, -0.2) is 4.68 Å². The summed E-state index contributed by atoms with van der Waals surface area (Å²) in [5, 5.41) is 6.46. The molecular formula is C19H13BrF3N3O3. The summed E-state index contributed by atoms with van der Waals surface area (Å²) in [4.78, 5) is 24.3. The van der Waals surface area contributed by atoms with E-state index >= 15 is 0 Å². The van der Waals surface area contributed by atoms with Crippen LogP contribution in [0.2, 0.25) is 0 Å². The number of alkyl halides is 3. The predicted molar refractivity (Wildman–Crippen MR) is 103 cm³/mol. The van der Waals surface area contributed by atoms with Crippen molar-refractivity contribution < 1.29 is 22.7 Å². The summed E-state index contributed by atoms with van der Waals surface area (Å²) in [6.07, 6.45) is -4.90. The number of hydrogen-bond acceptors (Lipinski definition) is 4. The van der Waals surface area contributed by atoms with E-state index in [9.17, 15) is 22.8 Å². The van der Waals surface area contributed by atoms with Crippen LogP contribution < -0.4 is 15.6 Å². The zero-order valence-electron chi connectivity index (χ0n) is 14.6. The molecule has 0 aliphatic rings. The number of aromatic nitrogens is 2. The van der Waals surface area contributed by atoms with Crippen LogP contribution in [0.25, 0.3) is 11.3 Å². The maximum Gasteiger partial charge on any atom is 0.573 e. The average Bonchev–Trinajstić information content (AvgIpc) is 2.65. The van der Waals surface area contributed by atoms with E-state index in [4.69, 9.17) is 0 Å². The van der Waals surface area contributed by atoms with Crippen molar-refractivity contribution in [2.24, 2.45) is 0 Å². The molecule has 0 saturated carbocycles. The molecule has 1 aromatic heterocycles. The average molecular weight is 468 g/mol. The Morgan fingerprint density at radius 3 is 2.45 bits per heavy atom. The summed E-state index contributed by atoms with van der Waals surface area (Å²) < 4.78 is 43.2. The lowest BCUT2D eigenvalue weighted by Gasteiger charge is -2.14. The second-order valence-corrected chi connectivity index (χ2v) is 6.73. The second kappa shape index (κ2) is 8.48. The van der Waals surface area contributed by atoms with Gasteiger partial charge in [0.2, 0.25) is 5.91 Å². The van der Waals surface area contributed by atoms with Gasteiger partial charge in [-0.05, 0) is 30.3 Å². The van der Waals surface area contributed by atoms with Gasteiger partial charge in [0.15, 0.2) is 5.75 Å². The van der Waals surface area contributed by atoms with Crippen LogP contribution in [0, 0.1) is 0 Å². The lowest BCUT2D eigenvalue weighted by atomic mass is 10.1. The third-order valence-electron chi connectivity index (χ3n) is 3.69. The standard InChI is InChI=1S/C19H13BrF3N3O3/c20-13-7-5-12(6-8-13)14-9-10-18(28)26(25-14)11-17(27)24-15-3-1-2-4-16(15)29-19(21,22)23/h1-10H,11H2,(H,24,27). The number of halogens is 4. The maximum atomic E-state index is 12.5. The van der Waals surface area contributed by atoms with Gasteiger partial charge >= 0.3 is 6.36 Å². The Labute approximate surface area is 171 Å². The lowest BCUT2D eigenvalue weighted by molar-refractivity contribution is -0.274. The molecule has 0 bridgehead atoms. The van der Waals surface area contributed by atoms with Crippen molar-refractivity contribution in [1.82, 2.24) is 9.78 Å². The number of nitrogens with zero attached hydrogens (tertiary/aromatic N) is 2. The van der Waals surface area contributed by atoms with E-state index < -0.39 is 30.1 Å². The van der Waals surface area contributed by atoms with E-state index in [-0.39, 0.29) is 5.69 Å². The third kappa shape index (κ3) is 5.67. The third-order valence-corrected chi connectivity index (χ3v) is 4.22. The topological polar surface area (TPSA) is 73.2 Å². The molecule has 3 rings (SSSR count). The van der Waals surface area contributed by atoms with Crippen LogP contribution >= 0.6 is 15.9 Å². The minimum Gasteiger partial charge on any atom is -0.404 e. The first-order valence-corrected chi connectivity index (χ1v) is 8.99. The van der Waals surface area contributed by atoms with Gasteiger partial charge in [-0.2, -0.15) is 5.10 Å². The first-order valence-electron chi connectivity index (χ1n) is 8.20. The molecule has 6 nitrogen and oxygen atoms in total. The highest BCUT2D eigenvalue weighted by atomic mass is 79.9. The SMILES string of the molecule is O=C(Cn1nc(-c2ccc(Br)cc2)ccc1=O)Nc1ccccc1OC(F)(F)F. The molecule has 1 amide bonds. The highest BCUT2D eigenvalue weighted by molar-refractivity contribution is 9.10. The van der Waals surface area contributed by atoms with Crippen molar-refractivity contribution in [3.8, 4) is 17.0 Å². The molecule has 10 heteroatoms. The van der Waals surface area contributed by atoms with Crippen molar-refractivity contribution in [2.75, 3.05) is 5.32 Å². The summed E-state index contributed by atoms with van der Waals surface area (Å²) in [6.45, 7) is -0.483. The molecule has 0 unspecified atom stereocenters. The molecule has 0 fully saturated rings.